The van der Waals surface area contributed by atoms with Crippen LogP contribution >= 0.6 is 0 Å². The van der Waals surface area contributed by atoms with Gasteiger partial charge in [-0.2, -0.15) is 5.10 Å². The summed E-state index contributed by atoms with van der Waals surface area (Å²) in [6.07, 6.45) is 1.75. The van der Waals surface area contributed by atoms with Gasteiger partial charge in [0.15, 0.2) is 11.0 Å². The van der Waals surface area contributed by atoms with Crippen LogP contribution in [0.1, 0.15) is 5.56 Å². The second kappa shape index (κ2) is 3.53. The highest BCUT2D eigenvalue weighted by atomic mass is 32.2. The van der Waals surface area contributed by atoms with Crippen LogP contribution in [0, 0.1) is 0 Å². The molecule has 1 aromatic rings. The van der Waals surface area contributed by atoms with Crippen molar-refractivity contribution in [1.29, 1.82) is 0 Å². The van der Waals surface area contributed by atoms with Gasteiger partial charge >= 0.3 is 0 Å². The van der Waals surface area contributed by atoms with Gasteiger partial charge in [0.1, 0.15) is 0 Å². The summed E-state index contributed by atoms with van der Waals surface area (Å²) in [5, 5.41) is 5.54. The van der Waals surface area contributed by atoms with Gasteiger partial charge in [0.2, 0.25) is 0 Å². The Balaban J connectivity index is 2.30. The normalized spacial score (nSPS) is 20.6. The van der Waals surface area contributed by atoms with Crippen LogP contribution < -0.4 is 4.83 Å². The molecule has 4 heteroatoms. The summed E-state index contributed by atoms with van der Waals surface area (Å²) in [4.78, 5) is 2.50. The number of nitrogens with one attached hydrogen (secondary N) is 1. The van der Waals surface area contributed by atoms with Crippen molar-refractivity contribution in [1.82, 2.24) is 4.83 Å². The van der Waals surface area contributed by atoms with Gasteiger partial charge in [-0.25, -0.2) is 9.04 Å². The Morgan fingerprint density at radius 1 is 1.23 bits per heavy atom. The van der Waals surface area contributed by atoms with Crippen LogP contribution in [0.2, 0.25) is 0 Å². The standard InChI is InChI=1S/C9H8N2OS/c12-13-7-6-9(10-11-13)8-4-2-1-3-5-8/h1-7,11H. The molecule has 1 aromatic carbocycles. The van der Waals surface area contributed by atoms with Gasteiger partial charge in [0.05, 0.1) is 5.71 Å². The molecule has 0 fully saturated rings. The van der Waals surface area contributed by atoms with Crippen LogP contribution in [0.15, 0.2) is 46.9 Å². The summed E-state index contributed by atoms with van der Waals surface area (Å²) in [6, 6.07) is 9.74. The molecule has 66 valence electrons. The van der Waals surface area contributed by atoms with Crippen molar-refractivity contribution in [2.45, 2.75) is 0 Å². The van der Waals surface area contributed by atoms with Gasteiger partial charge in [0, 0.05) is 11.0 Å². The molecule has 1 atom stereocenters. The zero-order chi connectivity index (χ0) is 9.10. The topological polar surface area (TPSA) is 41.5 Å². The van der Waals surface area contributed by atoms with E-state index in [0.717, 1.165) is 11.3 Å². The maximum absolute atomic E-state index is 10.8. The van der Waals surface area contributed by atoms with E-state index >= 15 is 0 Å². The van der Waals surface area contributed by atoms with Crippen molar-refractivity contribution < 1.29 is 4.21 Å². The van der Waals surface area contributed by atoms with Crippen molar-refractivity contribution in [2.24, 2.45) is 5.10 Å². The molecule has 0 saturated heterocycles. The summed E-state index contributed by atoms with van der Waals surface area (Å²) in [7, 11) is -1.15. The number of rotatable bonds is 1. The van der Waals surface area contributed by atoms with E-state index in [1.807, 2.05) is 30.3 Å². The fourth-order valence-corrected chi connectivity index (χ4v) is 1.56. The lowest BCUT2D eigenvalue weighted by Crippen LogP contribution is -2.15. The first kappa shape index (κ1) is 8.19. The molecule has 1 aliphatic heterocycles. The van der Waals surface area contributed by atoms with Crippen molar-refractivity contribution in [3.05, 3.63) is 47.4 Å². The van der Waals surface area contributed by atoms with Gasteiger partial charge in [-0.15, -0.1) is 0 Å². The summed E-state index contributed by atoms with van der Waals surface area (Å²) in [6.45, 7) is 0. The number of hydrogen-bond acceptors (Lipinski definition) is 2. The predicted octanol–water partition coefficient (Wildman–Crippen LogP) is 1.17. The van der Waals surface area contributed by atoms with E-state index in [4.69, 9.17) is 0 Å². The summed E-state index contributed by atoms with van der Waals surface area (Å²) >= 11 is 0. The molecule has 3 nitrogen and oxygen atoms in total. The Morgan fingerprint density at radius 2 is 2.00 bits per heavy atom. The molecule has 0 spiro atoms. The molecule has 0 saturated carbocycles. The highest BCUT2D eigenvalue weighted by molar-refractivity contribution is 7.86. The lowest BCUT2D eigenvalue weighted by Gasteiger charge is -2.05. The molecule has 13 heavy (non-hydrogen) atoms. The average molecular weight is 192 g/mol. The number of nitrogens with zero attached hydrogens (tertiary/aromatic N) is 1. The second-order valence-electron chi connectivity index (χ2n) is 2.55. The number of hydrogen-bond donors (Lipinski definition) is 1. The SMILES string of the molecule is O=S1C=CC(c2ccccc2)=NN1. The van der Waals surface area contributed by atoms with E-state index in [2.05, 4.69) is 9.93 Å². The molecule has 1 unspecified atom stereocenters. The van der Waals surface area contributed by atoms with Crippen molar-refractivity contribution >= 4 is 16.7 Å². The highest BCUT2D eigenvalue weighted by Crippen LogP contribution is 2.04. The van der Waals surface area contributed by atoms with Crippen LogP contribution in [0.4, 0.5) is 0 Å². The molecular formula is C9H8N2OS. The van der Waals surface area contributed by atoms with Crippen LogP contribution in [-0.4, -0.2) is 9.92 Å². The van der Waals surface area contributed by atoms with E-state index in [9.17, 15) is 4.21 Å². The molecule has 0 aliphatic carbocycles. The smallest absolute Gasteiger partial charge is 0.158 e. The van der Waals surface area contributed by atoms with Gasteiger partial charge in [-0.05, 0) is 6.08 Å². The van der Waals surface area contributed by atoms with E-state index < -0.39 is 11.0 Å². The van der Waals surface area contributed by atoms with Crippen molar-refractivity contribution in [3.8, 4) is 0 Å². The quantitative estimate of drug-likeness (QED) is 0.713. The molecule has 0 amide bonds. The monoisotopic (exact) mass is 192 g/mol. The van der Waals surface area contributed by atoms with Crippen LogP contribution in [0.5, 0.6) is 0 Å². The molecule has 1 heterocycles. The molecule has 2 rings (SSSR count). The summed E-state index contributed by atoms with van der Waals surface area (Å²) in [5.74, 6) is 0. The highest BCUT2D eigenvalue weighted by Gasteiger charge is 2.04. The van der Waals surface area contributed by atoms with Crippen LogP contribution in [0.3, 0.4) is 0 Å². The number of hydrazone groups is 1. The third-order valence-electron chi connectivity index (χ3n) is 1.68. The first-order chi connectivity index (χ1) is 6.36. The van der Waals surface area contributed by atoms with Crippen LogP contribution in [0.25, 0.3) is 0 Å². The van der Waals surface area contributed by atoms with E-state index in [0.29, 0.717) is 0 Å². The van der Waals surface area contributed by atoms with Gasteiger partial charge in [0.25, 0.3) is 0 Å². The van der Waals surface area contributed by atoms with Crippen molar-refractivity contribution in [2.75, 3.05) is 0 Å². The number of allylic oxidation sites excluding steroid dienone is 1. The van der Waals surface area contributed by atoms with E-state index in [1.54, 1.807) is 11.5 Å². The molecular weight excluding hydrogens is 184 g/mol. The molecule has 0 radical (unpaired) electrons. The summed E-state index contributed by atoms with van der Waals surface area (Å²) < 4.78 is 10.8. The van der Waals surface area contributed by atoms with Gasteiger partial charge < -0.3 is 0 Å². The molecule has 1 N–H and O–H groups in total. The average Bonchev–Trinajstić information content (AvgIpc) is 2.20. The van der Waals surface area contributed by atoms with E-state index in [-0.39, 0.29) is 0 Å². The lowest BCUT2D eigenvalue weighted by atomic mass is 10.1. The number of benzene rings is 1. The first-order valence-corrected chi connectivity index (χ1v) is 5.05. The lowest BCUT2D eigenvalue weighted by molar-refractivity contribution is 0.680. The van der Waals surface area contributed by atoms with Gasteiger partial charge in [-0.3, -0.25) is 0 Å². The Morgan fingerprint density at radius 3 is 2.62 bits per heavy atom. The fraction of sp³-hybridized carbons (Fsp3) is 0. The Hall–Kier alpha value is -1.42. The zero-order valence-electron chi connectivity index (χ0n) is 6.81. The predicted molar refractivity (Wildman–Crippen MR) is 53.4 cm³/mol. The second-order valence-corrected chi connectivity index (χ2v) is 3.60. The zero-order valence-corrected chi connectivity index (χ0v) is 7.62. The molecule has 0 aromatic heterocycles. The first-order valence-electron chi connectivity index (χ1n) is 3.84. The van der Waals surface area contributed by atoms with Gasteiger partial charge in [-0.1, -0.05) is 30.3 Å². The third kappa shape index (κ3) is 1.84. The Labute approximate surface area is 78.8 Å². The van der Waals surface area contributed by atoms with Crippen molar-refractivity contribution in [3.63, 3.8) is 0 Å². The fourth-order valence-electron chi connectivity index (χ4n) is 1.06. The molecule has 1 aliphatic rings. The maximum Gasteiger partial charge on any atom is 0.158 e. The minimum atomic E-state index is -1.15. The third-order valence-corrected chi connectivity index (χ3v) is 2.33. The van der Waals surface area contributed by atoms with E-state index in [1.165, 1.54) is 0 Å². The Kier molecular flexibility index (Phi) is 2.23. The van der Waals surface area contributed by atoms with Crippen LogP contribution in [-0.2, 0) is 11.0 Å². The Bertz CT molecular complexity index is 384. The maximum atomic E-state index is 10.8. The molecule has 0 bridgehead atoms. The largest absolute Gasteiger partial charge is 0.231 e. The minimum absolute atomic E-state index is 0.806. The summed E-state index contributed by atoms with van der Waals surface area (Å²) in [5.41, 5.74) is 1.82. The minimum Gasteiger partial charge on any atom is -0.231 e.